The van der Waals surface area contributed by atoms with Gasteiger partial charge in [0.25, 0.3) is 6.43 Å². The van der Waals surface area contributed by atoms with Crippen LogP contribution in [0.4, 0.5) is 25.8 Å². The molecule has 8 nitrogen and oxygen atoms in total. The summed E-state index contributed by atoms with van der Waals surface area (Å²) >= 11 is 0. The van der Waals surface area contributed by atoms with Crippen LogP contribution in [0.3, 0.4) is 0 Å². The number of anilines is 2. The molecule has 35 heavy (non-hydrogen) atoms. The minimum Gasteiger partial charge on any atom is -0.376 e. The van der Waals surface area contributed by atoms with Crippen molar-refractivity contribution in [3.8, 4) is 0 Å². The molecule has 2 aromatic rings. The third-order valence-electron chi connectivity index (χ3n) is 6.22. The largest absolute Gasteiger partial charge is 0.376 e. The second-order valence-electron chi connectivity index (χ2n) is 9.04. The summed E-state index contributed by atoms with van der Waals surface area (Å²) in [4.78, 5) is 20.9. The number of ketones is 1. The Kier molecular flexibility index (Phi) is 6.41. The van der Waals surface area contributed by atoms with Crippen molar-refractivity contribution in [3.05, 3.63) is 41.2 Å². The minimum atomic E-state index is -3.67. The molecule has 186 valence electrons. The monoisotopic (exact) mass is 505 g/mol. The smallest absolute Gasteiger partial charge is 0.277 e. The Hall–Kier alpha value is -2.76. The number of aliphatic imine (C=N–C) groups is 1. The molecule has 2 aliphatic heterocycles. The Labute approximate surface area is 201 Å². The lowest BCUT2D eigenvalue weighted by Crippen LogP contribution is -2.22. The summed E-state index contributed by atoms with van der Waals surface area (Å²) in [7, 11) is -3.67. The summed E-state index contributed by atoms with van der Waals surface area (Å²) in [5.74, 6) is 0.0944. The average molecular weight is 506 g/mol. The molecule has 0 spiro atoms. The maximum atomic E-state index is 13.4. The van der Waals surface area contributed by atoms with Crippen LogP contribution < -0.4 is 5.32 Å². The van der Waals surface area contributed by atoms with E-state index in [1.165, 1.54) is 6.07 Å². The Morgan fingerprint density at radius 3 is 2.66 bits per heavy atom. The minimum absolute atomic E-state index is 0.0291. The van der Waals surface area contributed by atoms with Gasteiger partial charge < -0.3 is 14.8 Å². The molecule has 1 N–H and O–H groups in total. The van der Waals surface area contributed by atoms with Gasteiger partial charge in [-0.2, -0.15) is 0 Å². The lowest BCUT2D eigenvalue weighted by molar-refractivity contribution is -0.119. The predicted molar refractivity (Wildman–Crippen MR) is 125 cm³/mol. The third-order valence-corrected chi connectivity index (χ3v) is 7.36. The van der Waals surface area contributed by atoms with Crippen molar-refractivity contribution >= 4 is 38.4 Å². The molecule has 11 heteroatoms. The number of Topliss-reactive ketones (excluding diaryl/α,β-unsaturated/α-hetero) is 1. The highest BCUT2D eigenvalue weighted by Crippen LogP contribution is 2.39. The molecule has 1 atom stereocenters. The molecule has 1 aromatic heterocycles. The first-order chi connectivity index (χ1) is 16.7. The Balaban J connectivity index is 1.53. The van der Waals surface area contributed by atoms with Crippen molar-refractivity contribution in [3.63, 3.8) is 0 Å². The maximum absolute atomic E-state index is 13.4. The highest BCUT2D eigenvalue weighted by molar-refractivity contribution is 7.90. The van der Waals surface area contributed by atoms with E-state index in [1.54, 1.807) is 18.2 Å². The normalized spacial score (nSPS) is 20.0. The number of ether oxygens (including phenoxy) is 2. The van der Waals surface area contributed by atoms with Crippen molar-refractivity contribution in [2.24, 2.45) is 10.9 Å². The first-order valence-corrected chi connectivity index (χ1v) is 13.3. The number of fused-ring (bicyclic) bond motifs is 1. The topological polar surface area (TPSA) is 107 Å². The van der Waals surface area contributed by atoms with Crippen molar-refractivity contribution in [2.75, 3.05) is 31.4 Å². The Morgan fingerprint density at radius 2 is 2.00 bits per heavy atom. The van der Waals surface area contributed by atoms with E-state index in [0.29, 0.717) is 42.5 Å². The number of rotatable bonds is 8. The van der Waals surface area contributed by atoms with Gasteiger partial charge in [-0.3, -0.25) is 9.78 Å². The highest BCUT2D eigenvalue weighted by Gasteiger charge is 2.31. The van der Waals surface area contributed by atoms with Gasteiger partial charge in [0.1, 0.15) is 17.6 Å². The van der Waals surface area contributed by atoms with Crippen LogP contribution in [0.1, 0.15) is 35.9 Å². The van der Waals surface area contributed by atoms with E-state index >= 15 is 0 Å². The lowest BCUT2D eigenvalue weighted by atomic mass is 10.1. The zero-order chi connectivity index (χ0) is 24.7. The molecule has 0 bridgehead atoms. The number of benzene rings is 1. The molecule has 2 fully saturated rings. The summed E-state index contributed by atoms with van der Waals surface area (Å²) in [5.41, 5.74) is 1.96. The van der Waals surface area contributed by atoms with E-state index in [-0.39, 0.29) is 52.6 Å². The van der Waals surface area contributed by atoms with E-state index in [1.807, 2.05) is 0 Å². The summed E-state index contributed by atoms with van der Waals surface area (Å²) in [6, 6.07) is 6.47. The van der Waals surface area contributed by atoms with E-state index < -0.39 is 16.3 Å². The van der Waals surface area contributed by atoms with Crippen LogP contribution in [0.5, 0.6) is 0 Å². The van der Waals surface area contributed by atoms with Gasteiger partial charge in [-0.25, -0.2) is 22.2 Å². The van der Waals surface area contributed by atoms with Gasteiger partial charge in [0.2, 0.25) is 0 Å². The fourth-order valence-electron chi connectivity index (χ4n) is 4.27. The molecule has 3 heterocycles. The Morgan fingerprint density at radius 1 is 1.20 bits per heavy atom. The van der Waals surface area contributed by atoms with Gasteiger partial charge >= 0.3 is 0 Å². The number of sulfone groups is 1. The third kappa shape index (κ3) is 5.26. The van der Waals surface area contributed by atoms with E-state index in [2.05, 4.69) is 15.3 Å². The molecule has 1 aromatic carbocycles. The first-order valence-electron chi connectivity index (χ1n) is 11.4. The summed E-state index contributed by atoms with van der Waals surface area (Å²) in [5, 5.41) is 3.07. The van der Waals surface area contributed by atoms with Crippen LogP contribution in [-0.2, 0) is 36.9 Å². The van der Waals surface area contributed by atoms with Gasteiger partial charge in [-0.1, -0.05) is 6.07 Å². The summed E-state index contributed by atoms with van der Waals surface area (Å²) in [6.45, 7) is 1.21. The number of hydrogen-bond acceptors (Lipinski definition) is 8. The maximum Gasteiger partial charge on any atom is 0.277 e. The van der Waals surface area contributed by atoms with Gasteiger partial charge in [-0.05, 0) is 36.6 Å². The quantitative estimate of drug-likeness (QED) is 0.583. The van der Waals surface area contributed by atoms with Gasteiger partial charge in [0.05, 0.1) is 53.2 Å². The highest BCUT2D eigenvalue weighted by atomic mass is 32.2. The van der Waals surface area contributed by atoms with E-state index in [0.717, 1.165) is 19.1 Å². The number of hydrogen-bond donors (Lipinski definition) is 1. The molecule has 0 unspecified atom stereocenters. The van der Waals surface area contributed by atoms with Crippen LogP contribution >= 0.6 is 0 Å². The van der Waals surface area contributed by atoms with Crippen LogP contribution in [0, 0.1) is 5.92 Å². The van der Waals surface area contributed by atoms with Gasteiger partial charge in [0, 0.05) is 25.0 Å². The number of nitrogens with one attached hydrogen (secondary N) is 1. The number of aromatic nitrogens is 1. The van der Waals surface area contributed by atoms with Gasteiger partial charge in [-0.15, -0.1) is 0 Å². The second-order valence-corrected chi connectivity index (χ2v) is 11.0. The van der Waals surface area contributed by atoms with Crippen molar-refractivity contribution in [2.45, 2.75) is 43.1 Å². The van der Waals surface area contributed by atoms with Crippen LogP contribution in [0.25, 0.3) is 0 Å². The fourth-order valence-corrected chi connectivity index (χ4v) is 5.13. The molecule has 3 aliphatic rings. The van der Waals surface area contributed by atoms with Crippen molar-refractivity contribution < 1.29 is 31.5 Å². The summed E-state index contributed by atoms with van der Waals surface area (Å²) < 4.78 is 63.2. The lowest BCUT2D eigenvalue weighted by Gasteiger charge is -2.24. The van der Waals surface area contributed by atoms with E-state index in [4.69, 9.17) is 9.47 Å². The van der Waals surface area contributed by atoms with Crippen molar-refractivity contribution in [1.82, 2.24) is 4.98 Å². The average Bonchev–Trinajstić information content (AvgIpc) is 3.58. The SMILES string of the molecule is CS(=O)(=O)c1cc([C@@H]2COCCO2)ccc1Nc1cc(CC(=O)C2CC2)nc2c1N=C(C(F)F)C2. The number of carbonyl (C=O) groups excluding carboxylic acids is 1. The molecule has 0 radical (unpaired) electrons. The molecular weight excluding hydrogens is 480 g/mol. The van der Waals surface area contributed by atoms with Crippen LogP contribution in [-0.4, -0.2) is 57.4 Å². The van der Waals surface area contributed by atoms with Crippen LogP contribution in [0.15, 0.2) is 34.2 Å². The van der Waals surface area contributed by atoms with Gasteiger partial charge in [0.15, 0.2) is 9.84 Å². The van der Waals surface area contributed by atoms with Crippen molar-refractivity contribution in [1.29, 1.82) is 0 Å². The number of pyridine rings is 1. The summed E-state index contributed by atoms with van der Waals surface area (Å²) in [6.07, 6.45) is -0.351. The first kappa shape index (κ1) is 24.0. The molecular formula is C24H25F2N3O5S. The molecule has 0 amide bonds. The molecule has 1 saturated carbocycles. The number of alkyl halides is 2. The molecule has 1 saturated heterocycles. The zero-order valence-corrected chi connectivity index (χ0v) is 19.9. The number of halogens is 2. The molecule has 1 aliphatic carbocycles. The number of carbonyl (C=O) groups is 1. The fraction of sp³-hybridized carbons (Fsp3) is 0.458. The number of nitrogens with zero attached hydrogens (tertiary/aromatic N) is 2. The zero-order valence-electron chi connectivity index (χ0n) is 19.1. The van der Waals surface area contributed by atoms with E-state index in [9.17, 15) is 22.0 Å². The second kappa shape index (κ2) is 9.36. The molecule has 5 rings (SSSR count). The standard InChI is InChI=1S/C24H25F2N3O5S/c1-35(31,32)22-8-14(21-12-33-6-7-34-21)4-5-16(22)28-17-9-15(10-20(30)13-2-3-13)27-18-11-19(24(25)26)29-23(17)18/h4-5,8-9,13,21,24H,2-3,6-7,10-12H2,1H3,(H,27,28)/t21-/m0/s1. The Bertz CT molecular complexity index is 1300. The van der Waals surface area contributed by atoms with Crippen LogP contribution in [0.2, 0.25) is 0 Å². The predicted octanol–water partition coefficient (Wildman–Crippen LogP) is 3.73.